The van der Waals surface area contributed by atoms with E-state index in [4.69, 9.17) is 14.2 Å². The summed E-state index contributed by atoms with van der Waals surface area (Å²) < 4.78 is 16.0. The molecule has 0 aromatic heterocycles. The molecule has 1 atom stereocenters. The van der Waals surface area contributed by atoms with Crippen molar-refractivity contribution < 1.29 is 14.2 Å². The second-order valence-electron chi connectivity index (χ2n) is 3.72. The summed E-state index contributed by atoms with van der Waals surface area (Å²) in [5.74, 6) is 2.27. The van der Waals surface area contributed by atoms with Gasteiger partial charge in [-0.05, 0) is 13.5 Å². The first-order chi connectivity index (χ1) is 8.17. The van der Waals surface area contributed by atoms with Crippen molar-refractivity contribution in [1.82, 2.24) is 5.32 Å². The van der Waals surface area contributed by atoms with Crippen LogP contribution in [0.25, 0.3) is 0 Å². The first-order valence-corrected chi connectivity index (χ1v) is 5.71. The Balaban J connectivity index is 3.23. The third-order valence-corrected chi connectivity index (χ3v) is 2.70. The Hall–Kier alpha value is -1.42. The largest absolute Gasteiger partial charge is 0.496 e. The zero-order valence-corrected chi connectivity index (χ0v) is 11.2. The van der Waals surface area contributed by atoms with Crippen LogP contribution < -0.4 is 19.5 Å². The molecular weight excluding hydrogens is 218 g/mol. The molecule has 1 rings (SSSR count). The number of ether oxygens (including phenoxy) is 3. The van der Waals surface area contributed by atoms with Crippen LogP contribution >= 0.6 is 0 Å². The molecule has 1 aromatic rings. The first-order valence-electron chi connectivity index (χ1n) is 5.71. The fourth-order valence-electron chi connectivity index (χ4n) is 1.87. The molecule has 0 fully saturated rings. The van der Waals surface area contributed by atoms with Crippen LogP contribution in [0.5, 0.6) is 17.2 Å². The van der Waals surface area contributed by atoms with Crippen molar-refractivity contribution in [3.8, 4) is 17.2 Å². The first kappa shape index (κ1) is 13.6. The Bertz CT molecular complexity index is 341. The van der Waals surface area contributed by atoms with Gasteiger partial charge in [-0.25, -0.2) is 0 Å². The molecule has 4 heteroatoms. The molecule has 1 N–H and O–H groups in total. The maximum absolute atomic E-state index is 5.40. The van der Waals surface area contributed by atoms with Crippen molar-refractivity contribution >= 4 is 0 Å². The lowest BCUT2D eigenvalue weighted by Crippen LogP contribution is -2.19. The van der Waals surface area contributed by atoms with Crippen LogP contribution in [0.3, 0.4) is 0 Å². The average Bonchev–Trinajstić information content (AvgIpc) is 2.37. The number of nitrogens with one attached hydrogen (secondary N) is 1. The average molecular weight is 239 g/mol. The van der Waals surface area contributed by atoms with Crippen LogP contribution in [-0.4, -0.2) is 27.9 Å². The van der Waals surface area contributed by atoms with E-state index in [0.29, 0.717) is 0 Å². The molecule has 17 heavy (non-hydrogen) atoms. The van der Waals surface area contributed by atoms with Gasteiger partial charge in [0.2, 0.25) is 0 Å². The summed E-state index contributed by atoms with van der Waals surface area (Å²) in [5.41, 5.74) is 1.01. The molecule has 0 saturated carbocycles. The van der Waals surface area contributed by atoms with Gasteiger partial charge in [-0.2, -0.15) is 0 Å². The van der Waals surface area contributed by atoms with E-state index in [2.05, 4.69) is 19.2 Å². The van der Waals surface area contributed by atoms with E-state index in [1.165, 1.54) is 0 Å². The molecule has 96 valence electrons. The van der Waals surface area contributed by atoms with E-state index in [-0.39, 0.29) is 6.04 Å². The quantitative estimate of drug-likeness (QED) is 0.827. The highest BCUT2D eigenvalue weighted by Crippen LogP contribution is 2.37. The zero-order valence-electron chi connectivity index (χ0n) is 11.2. The molecule has 0 spiro atoms. The van der Waals surface area contributed by atoms with Crippen LogP contribution in [0.4, 0.5) is 0 Å². The van der Waals surface area contributed by atoms with E-state index in [9.17, 15) is 0 Å². The monoisotopic (exact) mass is 239 g/mol. The minimum atomic E-state index is 0.163. The van der Waals surface area contributed by atoms with Gasteiger partial charge in [-0.15, -0.1) is 0 Å². The Kier molecular flexibility index (Phi) is 5.10. The predicted octanol–water partition coefficient (Wildman–Crippen LogP) is 2.38. The minimum Gasteiger partial charge on any atom is -0.496 e. The van der Waals surface area contributed by atoms with Gasteiger partial charge in [0.25, 0.3) is 0 Å². The molecule has 0 saturated heterocycles. The van der Waals surface area contributed by atoms with Crippen LogP contribution in [0.1, 0.15) is 25.5 Å². The lowest BCUT2D eigenvalue weighted by molar-refractivity contribution is 0.361. The fraction of sp³-hybridized carbons (Fsp3) is 0.538. The van der Waals surface area contributed by atoms with Crippen molar-refractivity contribution in [2.45, 2.75) is 19.9 Å². The molecule has 0 amide bonds. The highest BCUT2D eigenvalue weighted by atomic mass is 16.5. The highest BCUT2D eigenvalue weighted by Gasteiger charge is 2.18. The molecule has 0 bridgehead atoms. The Morgan fingerprint density at radius 2 is 1.59 bits per heavy atom. The number of methoxy groups -OCH3 is 3. The molecular formula is C13H21NO3. The lowest BCUT2D eigenvalue weighted by Gasteiger charge is -2.20. The van der Waals surface area contributed by atoms with Gasteiger partial charge in [0.1, 0.15) is 17.2 Å². The van der Waals surface area contributed by atoms with Crippen LogP contribution in [-0.2, 0) is 0 Å². The topological polar surface area (TPSA) is 39.7 Å². The number of hydrogen-bond acceptors (Lipinski definition) is 4. The third kappa shape index (κ3) is 3.03. The Morgan fingerprint density at radius 3 is 1.94 bits per heavy atom. The number of benzene rings is 1. The fourth-order valence-corrected chi connectivity index (χ4v) is 1.87. The van der Waals surface area contributed by atoms with Crippen molar-refractivity contribution in [3.63, 3.8) is 0 Å². The maximum Gasteiger partial charge on any atom is 0.131 e. The predicted molar refractivity (Wildman–Crippen MR) is 68.2 cm³/mol. The van der Waals surface area contributed by atoms with E-state index < -0.39 is 0 Å². The maximum atomic E-state index is 5.40. The van der Waals surface area contributed by atoms with Crippen molar-refractivity contribution in [2.75, 3.05) is 27.9 Å². The van der Waals surface area contributed by atoms with E-state index in [1.54, 1.807) is 21.3 Å². The smallest absolute Gasteiger partial charge is 0.131 e. The summed E-state index contributed by atoms with van der Waals surface area (Å²) in [5, 5.41) is 3.35. The van der Waals surface area contributed by atoms with E-state index >= 15 is 0 Å². The molecule has 1 aromatic carbocycles. The van der Waals surface area contributed by atoms with Crippen molar-refractivity contribution in [2.24, 2.45) is 0 Å². The summed E-state index contributed by atoms with van der Waals surface area (Å²) in [6, 6.07) is 3.90. The molecule has 1 unspecified atom stereocenters. The Morgan fingerprint density at radius 1 is 1.06 bits per heavy atom. The summed E-state index contributed by atoms with van der Waals surface area (Å²) in [4.78, 5) is 0. The Labute approximate surface area is 103 Å². The normalized spacial score (nSPS) is 12.1. The summed E-state index contributed by atoms with van der Waals surface area (Å²) >= 11 is 0. The van der Waals surface area contributed by atoms with E-state index in [1.807, 2.05) is 12.1 Å². The number of hydrogen-bond donors (Lipinski definition) is 1. The van der Waals surface area contributed by atoms with E-state index in [0.717, 1.165) is 29.4 Å². The lowest BCUT2D eigenvalue weighted by atomic mass is 10.1. The zero-order chi connectivity index (χ0) is 12.8. The van der Waals surface area contributed by atoms with Crippen LogP contribution in [0.15, 0.2) is 12.1 Å². The molecule has 0 aliphatic rings. The van der Waals surface area contributed by atoms with Gasteiger partial charge < -0.3 is 19.5 Å². The molecule has 4 nitrogen and oxygen atoms in total. The van der Waals surface area contributed by atoms with Gasteiger partial charge >= 0.3 is 0 Å². The van der Waals surface area contributed by atoms with Crippen LogP contribution in [0.2, 0.25) is 0 Å². The summed E-state index contributed by atoms with van der Waals surface area (Å²) in [6.07, 6.45) is 0. The molecule has 0 aliphatic heterocycles. The second-order valence-corrected chi connectivity index (χ2v) is 3.72. The van der Waals surface area contributed by atoms with Gasteiger partial charge in [0.15, 0.2) is 0 Å². The SMILES string of the molecule is CCNC(C)c1c(OC)cc(OC)cc1OC. The highest BCUT2D eigenvalue weighted by molar-refractivity contribution is 5.52. The molecule has 0 aliphatic carbocycles. The second kappa shape index (κ2) is 6.35. The summed E-state index contributed by atoms with van der Waals surface area (Å²) in [6.45, 7) is 5.04. The van der Waals surface area contributed by atoms with Gasteiger partial charge in [-0.1, -0.05) is 6.92 Å². The van der Waals surface area contributed by atoms with Gasteiger partial charge in [-0.3, -0.25) is 0 Å². The standard InChI is InChI=1S/C13H21NO3/c1-6-14-9(2)13-11(16-4)7-10(15-3)8-12(13)17-5/h7-9,14H,6H2,1-5H3. The minimum absolute atomic E-state index is 0.163. The van der Waals surface area contributed by atoms with Crippen molar-refractivity contribution in [1.29, 1.82) is 0 Å². The van der Waals surface area contributed by atoms with Crippen molar-refractivity contribution in [3.05, 3.63) is 17.7 Å². The summed E-state index contributed by atoms with van der Waals surface area (Å²) in [7, 11) is 4.92. The van der Waals surface area contributed by atoms with Crippen LogP contribution in [0, 0.1) is 0 Å². The van der Waals surface area contributed by atoms with Gasteiger partial charge in [0.05, 0.1) is 26.9 Å². The number of rotatable bonds is 6. The molecule has 0 radical (unpaired) electrons. The molecule has 0 heterocycles. The third-order valence-electron chi connectivity index (χ3n) is 2.70. The van der Waals surface area contributed by atoms with Gasteiger partial charge in [0, 0.05) is 18.2 Å².